The second-order valence-corrected chi connectivity index (χ2v) is 8.81. The number of hydroxylamine groups is 1. The van der Waals surface area contributed by atoms with E-state index in [9.17, 15) is 13.2 Å². The highest BCUT2D eigenvalue weighted by Crippen LogP contribution is 2.32. The molecule has 7 heteroatoms. The summed E-state index contributed by atoms with van der Waals surface area (Å²) in [6.07, 6.45) is 8.04. The minimum Gasteiger partial charge on any atom is -0.303 e. The Hall–Kier alpha value is -0.660. The molecule has 1 saturated carbocycles. The molecule has 1 amide bonds. The summed E-state index contributed by atoms with van der Waals surface area (Å²) in [7, 11) is -3.55. The van der Waals surface area contributed by atoms with Crippen molar-refractivity contribution in [3.63, 3.8) is 0 Å². The third kappa shape index (κ3) is 3.57. The molecule has 0 aromatic rings. The van der Waals surface area contributed by atoms with Crippen LogP contribution in [-0.2, 0) is 14.6 Å². The smallest absolute Gasteiger partial charge is 0.264 e. The number of hydrogen-bond donors (Lipinski definition) is 2. The van der Waals surface area contributed by atoms with Gasteiger partial charge < -0.3 is 4.90 Å². The first-order valence-electron chi connectivity index (χ1n) is 7.75. The van der Waals surface area contributed by atoms with Crippen LogP contribution in [0.1, 0.15) is 44.9 Å². The fourth-order valence-corrected chi connectivity index (χ4v) is 4.98. The van der Waals surface area contributed by atoms with E-state index >= 15 is 0 Å². The van der Waals surface area contributed by atoms with Gasteiger partial charge in [-0.15, -0.1) is 0 Å². The maximum Gasteiger partial charge on any atom is 0.264 e. The van der Waals surface area contributed by atoms with Gasteiger partial charge in [0, 0.05) is 19.3 Å². The normalized spacial score (nSPS) is 24.1. The predicted octanol–water partition coefficient (Wildman–Crippen LogP) is 0.951. The van der Waals surface area contributed by atoms with Gasteiger partial charge in [0.2, 0.25) is 0 Å². The molecule has 1 aliphatic heterocycles. The van der Waals surface area contributed by atoms with Gasteiger partial charge in [0.15, 0.2) is 14.6 Å². The average molecular weight is 318 g/mol. The van der Waals surface area contributed by atoms with Gasteiger partial charge in [-0.25, -0.2) is 13.9 Å². The molecule has 6 nitrogen and oxygen atoms in total. The summed E-state index contributed by atoms with van der Waals surface area (Å²) >= 11 is 0. The van der Waals surface area contributed by atoms with Crippen molar-refractivity contribution in [3.05, 3.63) is 0 Å². The summed E-state index contributed by atoms with van der Waals surface area (Å²) in [5.41, 5.74) is 1.54. The second-order valence-electron chi connectivity index (χ2n) is 6.49. The fraction of sp³-hybridized carbons (Fsp3) is 0.929. The third-order valence-electron chi connectivity index (χ3n) is 5.22. The number of nitrogens with one attached hydrogen (secondary N) is 1. The Balaban J connectivity index is 1.91. The Bertz CT molecular complexity index is 463. The van der Waals surface area contributed by atoms with Gasteiger partial charge >= 0.3 is 0 Å². The zero-order valence-corrected chi connectivity index (χ0v) is 13.5. The molecular weight excluding hydrogens is 292 g/mol. The van der Waals surface area contributed by atoms with Gasteiger partial charge in [-0.3, -0.25) is 10.0 Å². The first-order valence-corrected chi connectivity index (χ1v) is 9.65. The Labute approximate surface area is 126 Å². The SMILES string of the molecule is CS(=O)(=O)C1(C(=O)NO)CCN(CCC2CCCC2)CC1. The van der Waals surface area contributed by atoms with Crippen LogP contribution in [0.3, 0.4) is 0 Å². The van der Waals surface area contributed by atoms with E-state index in [1.807, 2.05) is 0 Å². The summed E-state index contributed by atoms with van der Waals surface area (Å²) < 4.78 is 22.5. The third-order valence-corrected chi connectivity index (χ3v) is 7.23. The minimum absolute atomic E-state index is 0.253. The topological polar surface area (TPSA) is 86.7 Å². The number of nitrogens with zero attached hydrogens (tertiary/aromatic N) is 1. The summed E-state index contributed by atoms with van der Waals surface area (Å²) in [5, 5.41) is 8.85. The summed E-state index contributed by atoms with van der Waals surface area (Å²) in [4.78, 5) is 14.1. The lowest BCUT2D eigenvalue weighted by Crippen LogP contribution is -2.57. The summed E-state index contributed by atoms with van der Waals surface area (Å²) in [6, 6.07) is 0. The molecule has 0 aromatic heterocycles. The largest absolute Gasteiger partial charge is 0.303 e. The van der Waals surface area contributed by atoms with E-state index in [2.05, 4.69) is 4.90 Å². The van der Waals surface area contributed by atoms with Crippen LogP contribution in [0.15, 0.2) is 0 Å². The predicted molar refractivity (Wildman–Crippen MR) is 79.8 cm³/mol. The van der Waals surface area contributed by atoms with Crippen LogP contribution in [0.5, 0.6) is 0 Å². The number of carbonyl (C=O) groups is 1. The number of hydrogen-bond acceptors (Lipinski definition) is 5. The van der Waals surface area contributed by atoms with E-state index in [0.29, 0.717) is 13.1 Å². The zero-order valence-electron chi connectivity index (χ0n) is 12.7. The van der Waals surface area contributed by atoms with E-state index in [1.54, 1.807) is 0 Å². The number of amides is 1. The molecule has 2 N–H and O–H groups in total. The van der Waals surface area contributed by atoms with Crippen molar-refractivity contribution in [1.29, 1.82) is 0 Å². The highest BCUT2D eigenvalue weighted by Gasteiger charge is 2.49. The number of piperidine rings is 1. The maximum absolute atomic E-state index is 12.0. The molecule has 2 aliphatic rings. The Kier molecular flexibility index (Phi) is 5.27. The molecule has 0 spiro atoms. The molecule has 1 aliphatic carbocycles. The van der Waals surface area contributed by atoms with Crippen LogP contribution < -0.4 is 5.48 Å². The molecule has 21 heavy (non-hydrogen) atoms. The van der Waals surface area contributed by atoms with Crippen molar-refractivity contribution in [2.75, 3.05) is 25.9 Å². The van der Waals surface area contributed by atoms with Crippen molar-refractivity contribution in [1.82, 2.24) is 10.4 Å². The van der Waals surface area contributed by atoms with E-state index in [-0.39, 0.29) is 12.8 Å². The van der Waals surface area contributed by atoms with Crippen LogP contribution >= 0.6 is 0 Å². The van der Waals surface area contributed by atoms with Gasteiger partial charge in [0.05, 0.1) is 0 Å². The van der Waals surface area contributed by atoms with Crippen molar-refractivity contribution >= 4 is 15.7 Å². The monoisotopic (exact) mass is 318 g/mol. The number of likely N-dealkylation sites (tertiary alicyclic amines) is 1. The fourth-order valence-electron chi connectivity index (χ4n) is 3.67. The lowest BCUT2D eigenvalue weighted by atomic mass is 9.94. The van der Waals surface area contributed by atoms with Crippen LogP contribution in [0.2, 0.25) is 0 Å². The molecule has 0 radical (unpaired) electrons. The van der Waals surface area contributed by atoms with Gasteiger partial charge in [-0.05, 0) is 31.7 Å². The zero-order chi connectivity index (χ0) is 15.5. The van der Waals surface area contributed by atoms with E-state index in [4.69, 9.17) is 5.21 Å². The summed E-state index contributed by atoms with van der Waals surface area (Å²) in [6.45, 7) is 2.16. The van der Waals surface area contributed by atoms with Crippen LogP contribution in [0, 0.1) is 5.92 Å². The van der Waals surface area contributed by atoms with Gasteiger partial charge in [0.1, 0.15) is 0 Å². The first kappa shape index (κ1) is 16.7. The molecular formula is C14H26N2O4S. The van der Waals surface area contributed by atoms with Crippen LogP contribution in [0.4, 0.5) is 0 Å². The van der Waals surface area contributed by atoms with E-state index < -0.39 is 20.5 Å². The molecule has 0 atom stereocenters. The van der Waals surface area contributed by atoms with Crippen LogP contribution in [0.25, 0.3) is 0 Å². The molecule has 122 valence electrons. The average Bonchev–Trinajstić information content (AvgIpc) is 2.97. The minimum atomic E-state index is -3.55. The number of carbonyl (C=O) groups excluding carboxylic acids is 1. The van der Waals surface area contributed by atoms with Crippen LogP contribution in [-0.4, -0.2) is 55.1 Å². The molecule has 1 heterocycles. The van der Waals surface area contributed by atoms with E-state index in [0.717, 1.165) is 25.1 Å². The number of sulfone groups is 1. The van der Waals surface area contributed by atoms with Gasteiger partial charge in [0.25, 0.3) is 5.91 Å². The second kappa shape index (κ2) is 6.62. The molecule has 0 aromatic carbocycles. The van der Waals surface area contributed by atoms with Gasteiger partial charge in [-0.1, -0.05) is 25.7 Å². The summed E-state index contributed by atoms with van der Waals surface area (Å²) in [5.74, 6) is 0.0211. The lowest BCUT2D eigenvalue weighted by Gasteiger charge is -2.38. The molecule has 0 unspecified atom stereocenters. The Morgan fingerprint density at radius 1 is 1.29 bits per heavy atom. The van der Waals surface area contributed by atoms with Crippen molar-refractivity contribution in [3.8, 4) is 0 Å². The van der Waals surface area contributed by atoms with E-state index in [1.165, 1.54) is 31.2 Å². The lowest BCUT2D eigenvalue weighted by molar-refractivity contribution is -0.133. The number of rotatable bonds is 5. The standard InChI is InChI=1S/C14H26N2O4S/c1-21(19,20)14(13(17)15-18)7-10-16(11-8-14)9-6-12-4-2-3-5-12/h12,18H,2-11H2,1H3,(H,15,17). The molecule has 0 bridgehead atoms. The Morgan fingerprint density at radius 3 is 2.33 bits per heavy atom. The van der Waals surface area contributed by atoms with Crippen molar-refractivity contribution in [2.45, 2.75) is 49.7 Å². The quantitative estimate of drug-likeness (QED) is 0.582. The molecule has 1 saturated heterocycles. The van der Waals surface area contributed by atoms with Gasteiger partial charge in [-0.2, -0.15) is 0 Å². The Morgan fingerprint density at radius 2 is 1.86 bits per heavy atom. The van der Waals surface area contributed by atoms with Crippen molar-refractivity contribution < 1.29 is 18.4 Å². The molecule has 2 fully saturated rings. The highest BCUT2D eigenvalue weighted by atomic mass is 32.2. The first-order chi connectivity index (χ1) is 9.89. The van der Waals surface area contributed by atoms with Crippen molar-refractivity contribution in [2.24, 2.45) is 5.92 Å². The highest BCUT2D eigenvalue weighted by molar-refractivity contribution is 7.92. The maximum atomic E-state index is 12.0. The molecule has 2 rings (SSSR count).